The van der Waals surface area contributed by atoms with E-state index in [1.54, 1.807) is 33.1 Å². The predicted octanol–water partition coefficient (Wildman–Crippen LogP) is 3.65. The van der Waals surface area contributed by atoms with Crippen LogP contribution in [-0.4, -0.2) is 29.2 Å². The fourth-order valence-electron chi connectivity index (χ4n) is 2.63. The SMILES string of the molecule is CCOC(=O)c1sc2ncn(Cc3ccc(OC)cc3Cl)c(=O)c2c1C. The average Bonchev–Trinajstić information content (AvgIpc) is 2.96. The molecule has 1 aromatic carbocycles. The molecule has 0 N–H and O–H groups in total. The van der Waals surface area contributed by atoms with Crippen molar-refractivity contribution in [2.24, 2.45) is 0 Å². The van der Waals surface area contributed by atoms with Gasteiger partial charge in [-0.15, -0.1) is 11.3 Å². The molecule has 2 aromatic heterocycles. The molecule has 0 saturated heterocycles. The van der Waals surface area contributed by atoms with Crippen molar-refractivity contribution in [1.82, 2.24) is 9.55 Å². The molecule has 3 rings (SSSR count). The van der Waals surface area contributed by atoms with E-state index in [2.05, 4.69) is 4.98 Å². The van der Waals surface area contributed by atoms with Crippen LogP contribution in [0.1, 0.15) is 27.7 Å². The van der Waals surface area contributed by atoms with Crippen molar-refractivity contribution in [1.29, 1.82) is 0 Å². The number of carbonyl (C=O) groups excluding carboxylic acids is 1. The first-order chi connectivity index (χ1) is 12.5. The smallest absolute Gasteiger partial charge is 0.348 e. The minimum absolute atomic E-state index is 0.216. The molecule has 8 heteroatoms. The highest BCUT2D eigenvalue weighted by Crippen LogP contribution is 2.28. The summed E-state index contributed by atoms with van der Waals surface area (Å²) in [4.78, 5) is 30.2. The quantitative estimate of drug-likeness (QED) is 0.620. The highest BCUT2D eigenvalue weighted by Gasteiger charge is 2.20. The maximum absolute atomic E-state index is 12.9. The van der Waals surface area contributed by atoms with Crippen molar-refractivity contribution in [3.63, 3.8) is 0 Å². The maximum atomic E-state index is 12.9. The average molecular weight is 393 g/mol. The number of aromatic nitrogens is 2. The Balaban J connectivity index is 2.03. The van der Waals surface area contributed by atoms with Gasteiger partial charge in [0.2, 0.25) is 0 Å². The van der Waals surface area contributed by atoms with Crippen LogP contribution in [0.3, 0.4) is 0 Å². The summed E-state index contributed by atoms with van der Waals surface area (Å²) in [6.45, 7) is 4.03. The molecule has 2 heterocycles. The number of hydrogen-bond donors (Lipinski definition) is 0. The number of esters is 1. The molecule has 0 spiro atoms. The lowest BCUT2D eigenvalue weighted by molar-refractivity contribution is 0.0531. The van der Waals surface area contributed by atoms with E-state index in [4.69, 9.17) is 21.1 Å². The van der Waals surface area contributed by atoms with Crippen LogP contribution in [0.5, 0.6) is 5.75 Å². The Bertz CT molecular complexity index is 1040. The Morgan fingerprint density at radius 3 is 2.81 bits per heavy atom. The van der Waals surface area contributed by atoms with Crippen molar-refractivity contribution in [2.75, 3.05) is 13.7 Å². The van der Waals surface area contributed by atoms with E-state index < -0.39 is 5.97 Å². The van der Waals surface area contributed by atoms with E-state index in [0.29, 0.717) is 31.4 Å². The zero-order valence-corrected chi connectivity index (χ0v) is 16.1. The summed E-state index contributed by atoms with van der Waals surface area (Å²) < 4.78 is 11.7. The van der Waals surface area contributed by atoms with E-state index in [9.17, 15) is 9.59 Å². The lowest BCUT2D eigenvalue weighted by Gasteiger charge is -2.09. The molecule has 6 nitrogen and oxygen atoms in total. The molecule has 0 radical (unpaired) electrons. The van der Waals surface area contributed by atoms with Crippen molar-refractivity contribution >= 4 is 39.1 Å². The number of thiophene rings is 1. The van der Waals surface area contributed by atoms with Gasteiger partial charge in [0.05, 0.1) is 32.0 Å². The zero-order chi connectivity index (χ0) is 18.8. The number of rotatable bonds is 5. The second-order valence-corrected chi connectivity index (χ2v) is 7.00. The number of fused-ring (bicyclic) bond motifs is 1. The summed E-state index contributed by atoms with van der Waals surface area (Å²) in [6, 6.07) is 5.29. The Labute approximate surface area is 159 Å². The molecule has 0 aliphatic carbocycles. The van der Waals surface area contributed by atoms with Gasteiger partial charge in [0.1, 0.15) is 15.5 Å². The minimum Gasteiger partial charge on any atom is -0.497 e. The fraction of sp³-hybridized carbons (Fsp3) is 0.278. The van der Waals surface area contributed by atoms with Crippen molar-refractivity contribution in [2.45, 2.75) is 20.4 Å². The molecular formula is C18H17ClN2O4S. The Morgan fingerprint density at radius 2 is 2.15 bits per heavy atom. The van der Waals surface area contributed by atoms with Crippen LogP contribution in [0.15, 0.2) is 29.3 Å². The second kappa shape index (κ2) is 7.47. The van der Waals surface area contributed by atoms with Gasteiger partial charge in [0.25, 0.3) is 5.56 Å². The summed E-state index contributed by atoms with van der Waals surface area (Å²) in [5.74, 6) is 0.213. The van der Waals surface area contributed by atoms with Crippen molar-refractivity contribution < 1.29 is 14.3 Å². The maximum Gasteiger partial charge on any atom is 0.348 e. The summed E-state index contributed by atoms with van der Waals surface area (Å²) in [5.41, 5.74) is 1.15. The first kappa shape index (κ1) is 18.4. The molecule has 0 fully saturated rings. The van der Waals surface area contributed by atoms with Crippen LogP contribution in [0.25, 0.3) is 10.2 Å². The normalized spacial score (nSPS) is 10.9. The third-order valence-electron chi connectivity index (χ3n) is 3.98. The number of halogens is 1. The number of ether oxygens (including phenoxy) is 2. The largest absolute Gasteiger partial charge is 0.497 e. The van der Waals surface area contributed by atoms with Gasteiger partial charge in [-0.1, -0.05) is 17.7 Å². The number of benzene rings is 1. The predicted molar refractivity (Wildman–Crippen MR) is 102 cm³/mol. The Hall–Kier alpha value is -2.38. The lowest BCUT2D eigenvalue weighted by atomic mass is 10.2. The number of nitrogens with zero attached hydrogens (tertiary/aromatic N) is 2. The van der Waals surface area contributed by atoms with Gasteiger partial charge in [0.15, 0.2) is 0 Å². The monoisotopic (exact) mass is 392 g/mol. The number of carbonyl (C=O) groups is 1. The fourth-order valence-corrected chi connectivity index (χ4v) is 3.89. The van der Waals surface area contributed by atoms with Crippen LogP contribution in [0.2, 0.25) is 5.02 Å². The van der Waals surface area contributed by atoms with Crippen LogP contribution >= 0.6 is 22.9 Å². The van der Waals surface area contributed by atoms with Crippen molar-refractivity contribution in [3.05, 3.63) is 55.9 Å². The molecule has 0 atom stereocenters. The van der Waals surface area contributed by atoms with E-state index >= 15 is 0 Å². The number of hydrogen-bond acceptors (Lipinski definition) is 6. The Kier molecular flexibility index (Phi) is 5.29. The number of methoxy groups -OCH3 is 1. The summed E-state index contributed by atoms with van der Waals surface area (Å²) in [7, 11) is 1.56. The highest BCUT2D eigenvalue weighted by molar-refractivity contribution is 7.20. The van der Waals surface area contributed by atoms with Gasteiger partial charge in [0, 0.05) is 5.02 Å². The van der Waals surface area contributed by atoms with Gasteiger partial charge in [-0.3, -0.25) is 9.36 Å². The van der Waals surface area contributed by atoms with Gasteiger partial charge in [-0.25, -0.2) is 9.78 Å². The Morgan fingerprint density at radius 1 is 1.38 bits per heavy atom. The third-order valence-corrected chi connectivity index (χ3v) is 5.51. The highest BCUT2D eigenvalue weighted by atomic mass is 35.5. The molecule has 0 aliphatic heterocycles. The minimum atomic E-state index is -0.433. The zero-order valence-electron chi connectivity index (χ0n) is 14.5. The van der Waals surface area contributed by atoms with Crippen LogP contribution < -0.4 is 10.3 Å². The molecule has 0 amide bonds. The summed E-state index contributed by atoms with van der Waals surface area (Å²) in [5, 5.41) is 0.941. The van der Waals surface area contributed by atoms with Crippen LogP contribution in [-0.2, 0) is 11.3 Å². The van der Waals surface area contributed by atoms with E-state index in [1.165, 1.54) is 22.2 Å². The molecule has 136 valence electrons. The molecule has 3 aromatic rings. The topological polar surface area (TPSA) is 70.4 Å². The van der Waals surface area contributed by atoms with E-state index in [0.717, 1.165) is 5.56 Å². The standard InChI is InChI=1S/C18H17ClN2O4S/c1-4-25-18(23)15-10(2)14-16(26-15)20-9-21(17(14)22)8-11-5-6-12(24-3)7-13(11)19/h5-7,9H,4,8H2,1-3H3. The first-order valence-electron chi connectivity index (χ1n) is 7.94. The summed E-state index contributed by atoms with van der Waals surface area (Å²) in [6.07, 6.45) is 1.47. The molecule has 0 unspecified atom stereocenters. The molecule has 0 saturated carbocycles. The molecular weight excluding hydrogens is 376 g/mol. The van der Waals surface area contributed by atoms with E-state index in [1.807, 2.05) is 6.07 Å². The lowest BCUT2D eigenvalue weighted by Crippen LogP contribution is -2.21. The number of aryl methyl sites for hydroxylation is 1. The third kappa shape index (κ3) is 3.32. The first-order valence-corrected chi connectivity index (χ1v) is 9.13. The van der Waals surface area contributed by atoms with Crippen LogP contribution in [0, 0.1) is 6.92 Å². The second-order valence-electron chi connectivity index (χ2n) is 5.59. The van der Waals surface area contributed by atoms with Gasteiger partial charge in [-0.05, 0) is 37.1 Å². The molecule has 0 bridgehead atoms. The molecule has 0 aliphatic rings. The van der Waals surface area contributed by atoms with Gasteiger partial charge < -0.3 is 9.47 Å². The van der Waals surface area contributed by atoms with Gasteiger partial charge in [-0.2, -0.15) is 0 Å². The summed E-state index contributed by atoms with van der Waals surface area (Å²) >= 11 is 7.43. The van der Waals surface area contributed by atoms with Crippen LogP contribution in [0.4, 0.5) is 0 Å². The molecule has 26 heavy (non-hydrogen) atoms. The van der Waals surface area contributed by atoms with E-state index in [-0.39, 0.29) is 18.7 Å². The van der Waals surface area contributed by atoms with Crippen molar-refractivity contribution in [3.8, 4) is 5.75 Å². The van der Waals surface area contributed by atoms with Gasteiger partial charge >= 0.3 is 5.97 Å².